The molecule has 0 saturated heterocycles. The van der Waals surface area contributed by atoms with Crippen LogP contribution in [0.15, 0.2) is 24.3 Å². The van der Waals surface area contributed by atoms with Gasteiger partial charge in [-0.05, 0) is 37.5 Å². The van der Waals surface area contributed by atoms with E-state index in [0.29, 0.717) is 0 Å². The van der Waals surface area contributed by atoms with Gasteiger partial charge in [0.25, 0.3) is 5.91 Å². The van der Waals surface area contributed by atoms with E-state index in [9.17, 15) is 9.59 Å². The maximum absolute atomic E-state index is 11.6. The van der Waals surface area contributed by atoms with Crippen molar-refractivity contribution in [2.75, 3.05) is 0 Å². The van der Waals surface area contributed by atoms with Gasteiger partial charge in [-0.3, -0.25) is 9.59 Å². The minimum absolute atomic E-state index is 0.0847. The molecule has 2 rings (SSSR count). The first-order chi connectivity index (χ1) is 9.04. The lowest BCUT2D eigenvalue weighted by Gasteiger charge is -2.13. The van der Waals surface area contributed by atoms with Crippen LogP contribution in [0, 0.1) is 0 Å². The van der Waals surface area contributed by atoms with Crippen molar-refractivity contribution in [3.63, 3.8) is 0 Å². The number of ether oxygens (including phenoxy) is 1. The van der Waals surface area contributed by atoms with Crippen molar-refractivity contribution in [2.24, 2.45) is 0 Å². The number of phenolic OH excluding ortho intramolecular Hbond substituents is 1. The number of phenols is 1. The Kier molecular flexibility index (Phi) is 4.04. The van der Waals surface area contributed by atoms with E-state index in [1.807, 2.05) is 0 Å². The summed E-state index contributed by atoms with van der Waals surface area (Å²) in [5, 5.41) is 11.9. The quantitative estimate of drug-likeness (QED) is 0.781. The van der Waals surface area contributed by atoms with Gasteiger partial charge >= 0.3 is 5.97 Å². The Hall–Kier alpha value is -2.04. The Balaban J connectivity index is 1.79. The number of carbonyl (C=O) groups is 2. The molecule has 0 radical (unpaired) electrons. The molecule has 1 aromatic carbocycles. The zero-order valence-electron chi connectivity index (χ0n) is 10.8. The molecule has 1 aromatic rings. The third kappa shape index (κ3) is 4.28. The average molecular weight is 263 g/mol. The van der Waals surface area contributed by atoms with Crippen LogP contribution in [-0.4, -0.2) is 29.1 Å². The van der Waals surface area contributed by atoms with Crippen molar-refractivity contribution in [2.45, 2.75) is 38.3 Å². The molecule has 0 spiro atoms. The molecule has 5 heteroatoms. The summed E-state index contributed by atoms with van der Waals surface area (Å²) >= 11 is 0. The van der Waals surface area contributed by atoms with Gasteiger partial charge in [0, 0.05) is 6.04 Å². The minimum Gasteiger partial charge on any atom is -0.508 e. The van der Waals surface area contributed by atoms with Crippen molar-refractivity contribution in [1.29, 1.82) is 0 Å². The molecular weight excluding hydrogens is 246 g/mol. The molecule has 0 bridgehead atoms. The molecule has 1 amide bonds. The number of hydrogen-bond donors (Lipinski definition) is 2. The number of aromatic hydroxyl groups is 1. The molecule has 1 aliphatic carbocycles. The van der Waals surface area contributed by atoms with Crippen LogP contribution in [0.25, 0.3) is 0 Å². The molecule has 0 aromatic heterocycles. The molecule has 1 fully saturated rings. The highest BCUT2D eigenvalue weighted by Crippen LogP contribution is 2.19. The second-order valence-electron chi connectivity index (χ2n) is 4.76. The van der Waals surface area contributed by atoms with Crippen LogP contribution in [0.4, 0.5) is 0 Å². The van der Waals surface area contributed by atoms with Crippen LogP contribution >= 0.6 is 0 Å². The Morgan fingerprint density at radius 1 is 1.37 bits per heavy atom. The fourth-order valence-electron chi connectivity index (χ4n) is 1.62. The molecule has 0 unspecified atom stereocenters. The molecule has 5 nitrogen and oxygen atoms in total. The number of hydrogen-bond acceptors (Lipinski definition) is 4. The van der Waals surface area contributed by atoms with E-state index in [1.54, 1.807) is 19.1 Å². The predicted octanol–water partition coefficient (Wildman–Crippen LogP) is 1.14. The second kappa shape index (κ2) is 5.73. The van der Waals surface area contributed by atoms with Crippen molar-refractivity contribution in [3.8, 4) is 5.75 Å². The topological polar surface area (TPSA) is 75.6 Å². The number of nitrogens with one attached hydrogen (secondary N) is 1. The number of esters is 1. The lowest BCUT2D eigenvalue weighted by molar-refractivity contribution is -0.154. The lowest BCUT2D eigenvalue weighted by Crippen LogP contribution is -2.37. The molecule has 1 aliphatic rings. The van der Waals surface area contributed by atoms with Gasteiger partial charge in [0.1, 0.15) is 5.75 Å². The predicted molar refractivity (Wildman–Crippen MR) is 68.5 cm³/mol. The Morgan fingerprint density at radius 2 is 2.00 bits per heavy atom. The highest BCUT2D eigenvalue weighted by Gasteiger charge is 2.27. The number of benzene rings is 1. The third-order valence-electron chi connectivity index (χ3n) is 2.89. The summed E-state index contributed by atoms with van der Waals surface area (Å²) in [6.45, 7) is 1.56. The summed E-state index contributed by atoms with van der Waals surface area (Å²) in [6.07, 6.45) is 1.31. The lowest BCUT2D eigenvalue weighted by atomic mass is 10.1. The van der Waals surface area contributed by atoms with Gasteiger partial charge in [-0.25, -0.2) is 0 Å². The van der Waals surface area contributed by atoms with Crippen LogP contribution in [0.5, 0.6) is 5.75 Å². The van der Waals surface area contributed by atoms with Crippen molar-refractivity contribution in [3.05, 3.63) is 29.8 Å². The maximum atomic E-state index is 11.6. The van der Waals surface area contributed by atoms with Crippen molar-refractivity contribution in [1.82, 2.24) is 5.32 Å². The second-order valence-corrected chi connectivity index (χ2v) is 4.76. The van der Waals surface area contributed by atoms with E-state index in [-0.39, 0.29) is 24.1 Å². The highest BCUT2D eigenvalue weighted by atomic mass is 16.5. The van der Waals surface area contributed by atoms with E-state index in [2.05, 4.69) is 5.32 Å². The van der Waals surface area contributed by atoms with Crippen LogP contribution in [0.1, 0.15) is 25.3 Å². The molecule has 2 N–H and O–H groups in total. The fourth-order valence-corrected chi connectivity index (χ4v) is 1.62. The van der Waals surface area contributed by atoms with Crippen molar-refractivity contribution < 1.29 is 19.4 Å². The summed E-state index contributed by atoms with van der Waals surface area (Å²) in [5.41, 5.74) is 0.734. The van der Waals surface area contributed by atoms with Gasteiger partial charge in [0.2, 0.25) is 0 Å². The monoisotopic (exact) mass is 263 g/mol. The van der Waals surface area contributed by atoms with Crippen LogP contribution in [-0.2, 0) is 20.7 Å². The van der Waals surface area contributed by atoms with E-state index in [4.69, 9.17) is 9.84 Å². The number of amides is 1. The fraction of sp³-hybridized carbons (Fsp3) is 0.429. The SMILES string of the molecule is C[C@@H](OC(=O)Cc1ccc(O)cc1)C(=O)NC1CC1. The van der Waals surface area contributed by atoms with E-state index < -0.39 is 12.1 Å². The van der Waals surface area contributed by atoms with Gasteiger partial charge in [-0.1, -0.05) is 12.1 Å². The summed E-state index contributed by atoms with van der Waals surface area (Å²) in [7, 11) is 0. The van der Waals surface area contributed by atoms with Crippen LogP contribution in [0.2, 0.25) is 0 Å². The van der Waals surface area contributed by atoms with E-state index in [1.165, 1.54) is 12.1 Å². The van der Waals surface area contributed by atoms with E-state index >= 15 is 0 Å². The Bertz CT molecular complexity index is 465. The zero-order chi connectivity index (χ0) is 13.8. The normalized spacial score (nSPS) is 15.6. The summed E-state index contributed by atoms with van der Waals surface area (Å²) in [4.78, 5) is 23.3. The largest absolute Gasteiger partial charge is 0.508 e. The first-order valence-electron chi connectivity index (χ1n) is 6.32. The van der Waals surface area contributed by atoms with Gasteiger partial charge in [-0.2, -0.15) is 0 Å². The molecular formula is C14H17NO4. The molecule has 0 heterocycles. The van der Waals surface area contributed by atoms with Crippen molar-refractivity contribution >= 4 is 11.9 Å². The number of carbonyl (C=O) groups excluding carboxylic acids is 2. The first kappa shape index (κ1) is 13.4. The molecule has 1 saturated carbocycles. The van der Waals surface area contributed by atoms with Crippen LogP contribution in [0.3, 0.4) is 0 Å². The minimum atomic E-state index is -0.773. The first-order valence-corrected chi connectivity index (χ1v) is 6.32. The highest BCUT2D eigenvalue weighted by molar-refractivity contribution is 5.84. The van der Waals surface area contributed by atoms with Gasteiger partial charge in [0.05, 0.1) is 6.42 Å². The molecule has 0 aliphatic heterocycles. The molecule has 1 atom stereocenters. The maximum Gasteiger partial charge on any atom is 0.311 e. The van der Waals surface area contributed by atoms with Gasteiger partial charge in [0.15, 0.2) is 6.10 Å². The third-order valence-corrected chi connectivity index (χ3v) is 2.89. The smallest absolute Gasteiger partial charge is 0.311 e. The zero-order valence-corrected chi connectivity index (χ0v) is 10.8. The summed E-state index contributed by atoms with van der Waals surface area (Å²) in [6, 6.07) is 6.56. The molecule has 102 valence electrons. The van der Waals surface area contributed by atoms with Crippen LogP contribution < -0.4 is 5.32 Å². The van der Waals surface area contributed by atoms with Gasteiger partial charge in [-0.15, -0.1) is 0 Å². The number of rotatable bonds is 5. The standard InChI is InChI=1S/C14H17NO4/c1-9(14(18)15-11-4-5-11)19-13(17)8-10-2-6-12(16)7-3-10/h2-3,6-7,9,11,16H,4-5,8H2,1H3,(H,15,18)/t9-/m1/s1. The Morgan fingerprint density at radius 3 is 2.58 bits per heavy atom. The average Bonchev–Trinajstić information content (AvgIpc) is 3.16. The summed E-state index contributed by atoms with van der Waals surface area (Å²) < 4.78 is 5.06. The molecule has 19 heavy (non-hydrogen) atoms. The Labute approximate surface area is 111 Å². The van der Waals surface area contributed by atoms with Gasteiger partial charge < -0.3 is 15.2 Å². The van der Waals surface area contributed by atoms with E-state index in [0.717, 1.165) is 18.4 Å². The summed E-state index contributed by atoms with van der Waals surface area (Å²) in [5.74, 6) is -0.556.